The Morgan fingerprint density at radius 3 is 2.65 bits per heavy atom. The molecule has 0 aromatic heterocycles. The first-order valence-corrected chi connectivity index (χ1v) is 4.88. The van der Waals surface area contributed by atoms with Gasteiger partial charge in [0.05, 0.1) is 0 Å². The van der Waals surface area contributed by atoms with Gasteiger partial charge in [-0.3, -0.25) is 0 Å². The molecule has 0 heterocycles. The van der Waals surface area contributed by atoms with E-state index in [9.17, 15) is 9.18 Å². The smallest absolute Gasteiger partial charge is 0.319 e. The standard InChI is InChI=1S/C10H13FN4O2/c11-7-1-3-8(4-2-7)14-10(16)13-6-5-9(12)15-17/h1-4,17H,5-6H2,(H2,12,15)(H2,13,14,16). The molecule has 0 bridgehead atoms. The third kappa shape index (κ3) is 4.83. The summed E-state index contributed by atoms with van der Waals surface area (Å²) in [5.74, 6) is -0.338. The number of benzene rings is 1. The van der Waals surface area contributed by atoms with E-state index in [0.717, 1.165) is 0 Å². The van der Waals surface area contributed by atoms with Gasteiger partial charge in [-0.15, -0.1) is 0 Å². The van der Waals surface area contributed by atoms with E-state index in [0.29, 0.717) is 5.69 Å². The van der Waals surface area contributed by atoms with Crippen LogP contribution < -0.4 is 16.4 Å². The number of hydrogen-bond acceptors (Lipinski definition) is 3. The number of oxime groups is 1. The second-order valence-corrected chi connectivity index (χ2v) is 3.23. The monoisotopic (exact) mass is 240 g/mol. The van der Waals surface area contributed by atoms with Crippen LogP contribution in [0.1, 0.15) is 6.42 Å². The molecule has 0 aliphatic rings. The van der Waals surface area contributed by atoms with Gasteiger partial charge >= 0.3 is 6.03 Å². The molecule has 6 nitrogen and oxygen atoms in total. The van der Waals surface area contributed by atoms with Crippen molar-refractivity contribution in [2.45, 2.75) is 6.42 Å². The van der Waals surface area contributed by atoms with Crippen LogP contribution in [-0.2, 0) is 0 Å². The molecule has 0 radical (unpaired) electrons. The van der Waals surface area contributed by atoms with Crippen LogP contribution in [-0.4, -0.2) is 23.6 Å². The Morgan fingerprint density at radius 1 is 1.41 bits per heavy atom. The van der Waals surface area contributed by atoms with Crippen LogP contribution in [0, 0.1) is 5.82 Å². The summed E-state index contributed by atoms with van der Waals surface area (Å²) in [4.78, 5) is 11.3. The lowest BCUT2D eigenvalue weighted by atomic mass is 10.3. The number of amidine groups is 1. The fourth-order valence-corrected chi connectivity index (χ4v) is 1.06. The number of carbonyl (C=O) groups excluding carboxylic acids is 1. The zero-order chi connectivity index (χ0) is 12.7. The number of nitrogens with one attached hydrogen (secondary N) is 2. The van der Waals surface area contributed by atoms with Gasteiger partial charge in [0, 0.05) is 18.7 Å². The number of nitrogens with zero attached hydrogens (tertiary/aromatic N) is 1. The maximum absolute atomic E-state index is 12.6. The minimum Gasteiger partial charge on any atom is -0.409 e. The van der Waals surface area contributed by atoms with Crippen molar-refractivity contribution in [3.8, 4) is 0 Å². The average molecular weight is 240 g/mol. The number of carbonyl (C=O) groups is 1. The number of nitrogens with two attached hydrogens (primary N) is 1. The second kappa shape index (κ2) is 6.31. The Hall–Kier alpha value is -2.31. The highest BCUT2D eigenvalue weighted by atomic mass is 19.1. The van der Waals surface area contributed by atoms with Gasteiger partial charge in [0.1, 0.15) is 11.7 Å². The SMILES string of the molecule is NC(CCNC(=O)Nc1ccc(F)cc1)=NO. The summed E-state index contributed by atoms with van der Waals surface area (Å²) in [6.07, 6.45) is 0.243. The highest BCUT2D eigenvalue weighted by Crippen LogP contribution is 2.07. The number of amides is 2. The van der Waals surface area contributed by atoms with Crippen molar-refractivity contribution >= 4 is 17.6 Å². The molecule has 0 saturated carbocycles. The highest BCUT2D eigenvalue weighted by molar-refractivity contribution is 5.89. The molecule has 1 aromatic rings. The van der Waals surface area contributed by atoms with Gasteiger partial charge in [0.15, 0.2) is 0 Å². The first kappa shape index (κ1) is 12.8. The summed E-state index contributed by atoms with van der Waals surface area (Å²) in [7, 11) is 0. The number of urea groups is 1. The zero-order valence-electron chi connectivity index (χ0n) is 8.98. The second-order valence-electron chi connectivity index (χ2n) is 3.23. The van der Waals surface area contributed by atoms with E-state index >= 15 is 0 Å². The van der Waals surface area contributed by atoms with Crippen molar-refractivity contribution in [3.05, 3.63) is 30.1 Å². The van der Waals surface area contributed by atoms with Crippen molar-refractivity contribution in [2.24, 2.45) is 10.9 Å². The number of rotatable bonds is 4. The van der Waals surface area contributed by atoms with E-state index in [2.05, 4.69) is 15.8 Å². The molecule has 5 N–H and O–H groups in total. The number of halogens is 1. The van der Waals surface area contributed by atoms with Crippen LogP contribution in [0.4, 0.5) is 14.9 Å². The molecule has 7 heteroatoms. The average Bonchev–Trinajstić information content (AvgIpc) is 2.32. The Bertz CT molecular complexity index is 405. The molecule has 92 valence electrons. The fraction of sp³-hybridized carbons (Fsp3) is 0.200. The summed E-state index contributed by atoms with van der Waals surface area (Å²) >= 11 is 0. The molecule has 0 fully saturated rings. The first-order chi connectivity index (χ1) is 8.11. The Kier molecular flexibility index (Phi) is 4.74. The van der Waals surface area contributed by atoms with E-state index < -0.39 is 6.03 Å². The predicted octanol–water partition coefficient (Wildman–Crippen LogP) is 1.08. The topological polar surface area (TPSA) is 99.7 Å². The Labute approximate surface area is 97.3 Å². The summed E-state index contributed by atoms with van der Waals surface area (Å²) in [5.41, 5.74) is 5.69. The Balaban J connectivity index is 2.32. The van der Waals surface area contributed by atoms with Gasteiger partial charge in [0.2, 0.25) is 0 Å². The van der Waals surface area contributed by atoms with Crippen molar-refractivity contribution in [3.63, 3.8) is 0 Å². The first-order valence-electron chi connectivity index (χ1n) is 4.88. The van der Waals surface area contributed by atoms with Crippen LogP contribution >= 0.6 is 0 Å². The molecule has 1 rings (SSSR count). The molecule has 0 saturated heterocycles. The number of anilines is 1. The van der Waals surface area contributed by atoms with Crippen molar-refractivity contribution in [1.29, 1.82) is 0 Å². The molecular formula is C10H13FN4O2. The van der Waals surface area contributed by atoms with Crippen LogP contribution in [0.2, 0.25) is 0 Å². The van der Waals surface area contributed by atoms with Crippen LogP contribution in [0.5, 0.6) is 0 Å². The lowest BCUT2D eigenvalue weighted by Gasteiger charge is -2.06. The maximum Gasteiger partial charge on any atom is 0.319 e. The molecule has 17 heavy (non-hydrogen) atoms. The summed E-state index contributed by atoms with van der Waals surface area (Å²) in [6, 6.07) is 4.93. The van der Waals surface area contributed by atoms with Gasteiger partial charge in [-0.05, 0) is 24.3 Å². The molecule has 0 aliphatic carbocycles. The normalized spacial score (nSPS) is 11.0. The predicted molar refractivity (Wildman–Crippen MR) is 61.4 cm³/mol. The molecule has 2 amide bonds. The summed E-state index contributed by atoms with van der Waals surface area (Å²) in [5, 5.41) is 16.0. The van der Waals surface area contributed by atoms with Gasteiger partial charge in [-0.1, -0.05) is 5.16 Å². The van der Waals surface area contributed by atoms with Crippen molar-refractivity contribution < 1.29 is 14.4 Å². The fourth-order valence-electron chi connectivity index (χ4n) is 1.06. The van der Waals surface area contributed by atoms with E-state index in [-0.39, 0.29) is 24.6 Å². The van der Waals surface area contributed by atoms with Gasteiger partial charge < -0.3 is 21.6 Å². The van der Waals surface area contributed by atoms with Crippen molar-refractivity contribution in [1.82, 2.24) is 5.32 Å². The van der Waals surface area contributed by atoms with Gasteiger partial charge in [0.25, 0.3) is 0 Å². The summed E-state index contributed by atoms with van der Waals surface area (Å²) in [6.45, 7) is 0.239. The minimum absolute atomic E-state index is 0.0343. The molecule has 0 unspecified atom stereocenters. The summed E-state index contributed by atoms with van der Waals surface area (Å²) < 4.78 is 12.6. The van der Waals surface area contributed by atoms with Crippen LogP contribution in [0.25, 0.3) is 0 Å². The van der Waals surface area contributed by atoms with E-state index in [4.69, 9.17) is 10.9 Å². The molecule has 0 spiro atoms. The third-order valence-corrected chi connectivity index (χ3v) is 1.90. The zero-order valence-corrected chi connectivity index (χ0v) is 8.98. The molecule has 1 aromatic carbocycles. The van der Waals surface area contributed by atoms with Gasteiger partial charge in [-0.2, -0.15) is 0 Å². The molecular weight excluding hydrogens is 227 g/mol. The lowest BCUT2D eigenvalue weighted by molar-refractivity contribution is 0.252. The Morgan fingerprint density at radius 2 is 2.06 bits per heavy atom. The van der Waals surface area contributed by atoms with Gasteiger partial charge in [-0.25, -0.2) is 9.18 Å². The molecule has 0 aliphatic heterocycles. The lowest BCUT2D eigenvalue weighted by Crippen LogP contribution is -2.31. The minimum atomic E-state index is -0.442. The van der Waals surface area contributed by atoms with Crippen LogP contribution in [0.3, 0.4) is 0 Å². The molecule has 0 atom stereocenters. The van der Waals surface area contributed by atoms with E-state index in [1.807, 2.05) is 0 Å². The van der Waals surface area contributed by atoms with Crippen molar-refractivity contribution in [2.75, 3.05) is 11.9 Å². The highest BCUT2D eigenvalue weighted by Gasteiger charge is 2.01. The third-order valence-electron chi connectivity index (χ3n) is 1.90. The largest absolute Gasteiger partial charge is 0.409 e. The van der Waals surface area contributed by atoms with E-state index in [1.54, 1.807) is 0 Å². The maximum atomic E-state index is 12.6. The van der Waals surface area contributed by atoms with E-state index in [1.165, 1.54) is 24.3 Å². The van der Waals surface area contributed by atoms with Crippen LogP contribution in [0.15, 0.2) is 29.4 Å². The quantitative estimate of drug-likeness (QED) is 0.274. The number of hydrogen-bond donors (Lipinski definition) is 4.